The van der Waals surface area contributed by atoms with Gasteiger partial charge in [0.25, 0.3) is 0 Å². The van der Waals surface area contributed by atoms with Crippen LogP contribution in [0.3, 0.4) is 0 Å². The second kappa shape index (κ2) is 8.36. The SMILES string of the molecule is CC.CCC(CO)Nc1ccc(-c2nc3ccccc3o2)cc1N. The maximum Gasteiger partial charge on any atom is 0.227 e. The number of hydrogen-bond acceptors (Lipinski definition) is 5. The molecule has 1 unspecified atom stereocenters. The summed E-state index contributed by atoms with van der Waals surface area (Å²) in [5.41, 5.74) is 9.91. The fourth-order valence-electron chi connectivity index (χ4n) is 2.32. The van der Waals surface area contributed by atoms with Gasteiger partial charge < -0.3 is 20.6 Å². The molecule has 2 aromatic carbocycles. The number of aromatic nitrogens is 1. The van der Waals surface area contributed by atoms with Crippen molar-refractivity contribution in [3.8, 4) is 11.5 Å². The Kier molecular flexibility index (Phi) is 6.21. The number of benzene rings is 2. The van der Waals surface area contributed by atoms with Gasteiger partial charge >= 0.3 is 0 Å². The van der Waals surface area contributed by atoms with Gasteiger partial charge in [0, 0.05) is 11.6 Å². The minimum absolute atomic E-state index is 0.00234. The molecule has 0 saturated heterocycles. The average molecular weight is 327 g/mol. The summed E-state index contributed by atoms with van der Waals surface area (Å²) in [7, 11) is 0. The van der Waals surface area contributed by atoms with Gasteiger partial charge in [-0.05, 0) is 36.8 Å². The lowest BCUT2D eigenvalue weighted by Crippen LogP contribution is -2.23. The predicted octanol–water partition coefficient (Wildman–Crippen LogP) is 4.29. The minimum atomic E-state index is -0.00234. The van der Waals surface area contributed by atoms with Gasteiger partial charge in [-0.3, -0.25) is 0 Å². The van der Waals surface area contributed by atoms with Crippen molar-refractivity contribution >= 4 is 22.5 Å². The van der Waals surface area contributed by atoms with Crippen molar-refractivity contribution in [2.75, 3.05) is 17.7 Å². The Morgan fingerprint density at radius 1 is 1.21 bits per heavy atom. The number of oxazole rings is 1. The summed E-state index contributed by atoms with van der Waals surface area (Å²) in [6, 6.07) is 13.3. The number of anilines is 2. The second-order valence-electron chi connectivity index (χ2n) is 5.22. The Balaban J connectivity index is 0.00000100. The van der Waals surface area contributed by atoms with E-state index in [1.165, 1.54) is 0 Å². The van der Waals surface area contributed by atoms with E-state index in [9.17, 15) is 5.11 Å². The van der Waals surface area contributed by atoms with E-state index in [0.717, 1.165) is 28.8 Å². The van der Waals surface area contributed by atoms with Gasteiger partial charge in [0.15, 0.2) is 5.58 Å². The average Bonchev–Trinajstić information content (AvgIpc) is 3.06. The molecule has 0 radical (unpaired) electrons. The van der Waals surface area contributed by atoms with Crippen molar-refractivity contribution in [2.45, 2.75) is 33.2 Å². The summed E-state index contributed by atoms with van der Waals surface area (Å²) in [6.45, 7) is 6.08. The molecule has 0 spiro atoms. The van der Waals surface area contributed by atoms with Gasteiger partial charge in [0.2, 0.25) is 5.89 Å². The molecule has 24 heavy (non-hydrogen) atoms. The van der Waals surface area contributed by atoms with Crippen LogP contribution in [0, 0.1) is 0 Å². The van der Waals surface area contributed by atoms with Crippen molar-refractivity contribution in [1.82, 2.24) is 4.98 Å². The largest absolute Gasteiger partial charge is 0.436 e. The Labute approximate surface area is 142 Å². The number of nitrogens with zero attached hydrogens (tertiary/aromatic N) is 1. The van der Waals surface area contributed by atoms with Crippen LogP contribution in [0.1, 0.15) is 27.2 Å². The summed E-state index contributed by atoms with van der Waals surface area (Å²) in [6.07, 6.45) is 0.822. The Hall–Kier alpha value is -2.53. The van der Waals surface area contributed by atoms with Crippen molar-refractivity contribution in [3.05, 3.63) is 42.5 Å². The third-order valence-electron chi connectivity index (χ3n) is 3.67. The molecule has 3 aromatic rings. The molecule has 0 amide bonds. The van der Waals surface area contributed by atoms with Crippen LogP contribution in [-0.2, 0) is 0 Å². The lowest BCUT2D eigenvalue weighted by atomic mass is 10.1. The van der Waals surface area contributed by atoms with Gasteiger partial charge in [0.1, 0.15) is 5.52 Å². The van der Waals surface area contributed by atoms with E-state index in [2.05, 4.69) is 10.3 Å². The van der Waals surface area contributed by atoms with Gasteiger partial charge in [-0.2, -0.15) is 0 Å². The molecule has 0 saturated carbocycles. The molecule has 0 aliphatic carbocycles. The first-order valence-electron chi connectivity index (χ1n) is 8.34. The lowest BCUT2D eigenvalue weighted by Gasteiger charge is -2.17. The van der Waals surface area contributed by atoms with Crippen LogP contribution < -0.4 is 11.1 Å². The van der Waals surface area contributed by atoms with Gasteiger partial charge in [-0.1, -0.05) is 32.9 Å². The smallest absolute Gasteiger partial charge is 0.227 e. The summed E-state index contributed by atoms with van der Waals surface area (Å²) in [4.78, 5) is 4.46. The molecule has 4 N–H and O–H groups in total. The summed E-state index contributed by atoms with van der Waals surface area (Å²) in [5.74, 6) is 0.550. The topological polar surface area (TPSA) is 84.3 Å². The van der Waals surface area contributed by atoms with Crippen LogP contribution in [0.2, 0.25) is 0 Å². The summed E-state index contributed by atoms with van der Waals surface area (Å²) >= 11 is 0. The van der Waals surface area contributed by atoms with Crippen LogP contribution in [0.5, 0.6) is 0 Å². The molecule has 1 heterocycles. The molecule has 0 aliphatic rings. The predicted molar refractivity (Wildman–Crippen MR) is 100.0 cm³/mol. The van der Waals surface area contributed by atoms with Crippen molar-refractivity contribution in [1.29, 1.82) is 0 Å². The van der Waals surface area contributed by atoms with E-state index < -0.39 is 0 Å². The molecule has 0 aliphatic heterocycles. The molecule has 0 fully saturated rings. The zero-order valence-corrected chi connectivity index (χ0v) is 14.4. The quantitative estimate of drug-likeness (QED) is 0.609. The van der Waals surface area contributed by atoms with Gasteiger partial charge in [0.05, 0.1) is 18.0 Å². The van der Waals surface area contributed by atoms with E-state index >= 15 is 0 Å². The maximum absolute atomic E-state index is 9.26. The fourth-order valence-corrected chi connectivity index (χ4v) is 2.32. The second-order valence-corrected chi connectivity index (χ2v) is 5.22. The third-order valence-corrected chi connectivity index (χ3v) is 3.67. The Morgan fingerprint density at radius 3 is 2.58 bits per heavy atom. The number of rotatable bonds is 5. The first-order chi connectivity index (χ1) is 11.7. The molecule has 0 bridgehead atoms. The number of aliphatic hydroxyl groups excluding tert-OH is 1. The molecule has 1 atom stereocenters. The minimum Gasteiger partial charge on any atom is -0.436 e. The van der Waals surface area contributed by atoms with Crippen LogP contribution in [0.25, 0.3) is 22.6 Å². The van der Waals surface area contributed by atoms with Crippen molar-refractivity contribution in [2.24, 2.45) is 0 Å². The number of hydrogen-bond donors (Lipinski definition) is 3. The highest BCUT2D eigenvalue weighted by Gasteiger charge is 2.11. The van der Waals surface area contributed by atoms with Crippen molar-refractivity contribution < 1.29 is 9.52 Å². The highest BCUT2D eigenvalue weighted by Crippen LogP contribution is 2.29. The Bertz CT molecular complexity index is 746. The first kappa shape index (κ1) is 17.8. The summed E-state index contributed by atoms with van der Waals surface area (Å²) in [5, 5.41) is 12.5. The van der Waals surface area contributed by atoms with Crippen LogP contribution >= 0.6 is 0 Å². The van der Waals surface area contributed by atoms with E-state index in [4.69, 9.17) is 10.2 Å². The zero-order chi connectivity index (χ0) is 17.5. The summed E-state index contributed by atoms with van der Waals surface area (Å²) < 4.78 is 5.75. The maximum atomic E-state index is 9.26. The van der Waals surface area contributed by atoms with Crippen LogP contribution in [-0.4, -0.2) is 22.7 Å². The number of nitrogens with two attached hydrogens (primary N) is 1. The molecule has 1 aromatic heterocycles. The molecular formula is C19H25N3O2. The fraction of sp³-hybridized carbons (Fsp3) is 0.316. The number of nitrogen functional groups attached to an aromatic ring is 1. The van der Waals surface area contributed by atoms with E-state index in [1.807, 2.05) is 63.2 Å². The van der Waals surface area contributed by atoms with Crippen molar-refractivity contribution in [3.63, 3.8) is 0 Å². The zero-order valence-electron chi connectivity index (χ0n) is 14.4. The molecule has 128 valence electrons. The van der Waals surface area contributed by atoms with E-state index in [0.29, 0.717) is 11.6 Å². The van der Waals surface area contributed by atoms with Gasteiger partial charge in [-0.15, -0.1) is 0 Å². The standard InChI is InChI=1S/C17H19N3O2.C2H6/c1-2-12(10-21)19-14-8-7-11(9-13(14)18)17-20-15-5-3-4-6-16(15)22-17;1-2/h3-9,12,19,21H,2,10,18H2,1H3;1-2H3. The number of fused-ring (bicyclic) bond motifs is 1. The molecule has 3 rings (SSSR count). The first-order valence-corrected chi connectivity index (χ1v) is 8.34. The Morgan fingerprint density at radius 2 is 1.96 bits per heavy atom. The monoisotopic (exact) mass is 327 g/mol. The van der Waals surface area contributed by atoms with Crippen LogP contribution in [0.4, 0.5) is 11.4 Å². The molecule has 5 nitrogen and oxygen atoms in total. The highest BCUT2D eigenvalue weighted by atomic mass is 16.3. The van der Waals surface area contributed by atoms with Gasteiger partial charge in [-0.25, -0.2) is 4.98 Å². The highest BCUT2D eigenvalue weighted by molar-refractivity contribution is 5.78. The normalized spacial score (nSPS) is 11.7. The van der Waals surface area contributed by atoms with Crippen LogP contribution in [0.15, 0.2) is 46.9 Å². The third kappa shape index (κ3) is 3.86. The van der Waals surface area contributed by atoms with E-state index in [-0.39, 0.29) is 12.6 Å². The number of nitrogens with one attached hydrogen (secondary N) is 1. The van der Waals surface area contributed by atoms with E-state index in [1.54, 1.807) is 0 Å². The molecule has 5 heteroatoms. The lowest BCUT2D eigenvalue weighted by molar-refractivity contribution is 0.272. The number of aliphatic hydroxyl groups is 1. The molecular weight excluding hydrogens is 302 g/mol. The number of para-hydroxylation sites is 2.